The summed E-state index contributed by atoms with van der Waals surface area (Å²) >= 11 is 7.20. The van der Waals surface area contributed by atoms with Crippen LogP contribution in [0.15, 0.2) is 23.4 Å². The van der Waals surface area contributed by atoms with Gasteiger partial charge in [0.1, 0.15) is 11.6 Å². The van der Waals surface area contributed by atoms with E-state index in [4.69, 9.17) is 21.4 Å². The second kappa shape index (κ2) is 6.15. The fraction of sp³-hybridized carbons (Fsp3) is 0.250. The minimum absolute atomic E-state index is 0.0813. The van der Waals surface area contributed by atoms with E-state index in [-0.39, 0.29) is 5.75 Å². The summed E-state index contributed by atoms with van der Waals surface area (Å²) in [5.41, 5.74) is 0.756. The lowest BCUT2D eigenvalue weighted by atomic mass is 10.3. The third-order valence-electron chi connectivity index (χ3n) is 2.51. The second-order valence-electron chi connectivity index (χ2n) is 3.87. The molecule has 0 saturated heterocycles. The first-order valence-electron chi connectivity index (χ1n) is 5.63. The van der Waals surface area contributed by atoms with Crippen molar-refractivity contribution in [1.82, 2.24) is 14.8 Å². The van der Waals surface area contributed by atoms with Crippen LogP contribution in [0.2, 0.25) is 5.02 Å². The molecule has 8 heteroatoms. The fourth-order valence-electron chi connectivity index (χ4n) is 1.65. The van der Waals surface area contributed by atoms with Crippen molar-refractivity contribution >= 4 is 29.3 Å². The highest BCUT2D eigenvalue weighted by atomic mass is 35.5. The van der Waals surface area contributed by atoms with Crippen LogP contribution in [0.3, 0.4) is 0 Å². The molecule has 20 heavy (non-hydrogen) atoms. The van der Waals surface area contributed by atoms with Gasteiger partial charge in [0.05, 0.1) is 23.6 Å². The summed E-state index contributed by atoms with van der Waals surface area (Å²) in [6.45, 7) is 1.79. The molecule has 1 heterocycles. The summed E-state index contributed by atoms with van der Waals surface area (Å²) in [5, 5.41) is 17.7. The zero-order chi connectivity index (χ0) is 14.7. The number of carbonyl (C=O) groups is 1. The summed E-state index contributed by atoms with van der Waals surface area (Å²) in [6.07, 6.45) is 0. The molecule has 0 radical (unpaired) electrons. The summed E-state index contributed by atoms with van der Waals surface area (Å²) < 4.78 is 6.85. The van der Waals surface area contributed by atoms with E-state index in [1.807, 2.05) is 6.07 Å². The van der Waals surface area contributed by atoms with Gasteiger partial charge in [-0.15, -0.1) is 10.2 Å². The second-order valence-corrected chi connectivity index (χ2v) is 5.22. The number of nitrogens with zero attached hydrogens (tertiary/aromatic N) is 3. The Balaban J connectivity index is 2.39. The first-order valence-corrected chi connectivity index (χ1v) is 7.00. The van der Waals surface area contributed by atoms with E-state index in [1.165, 1.54) is 0 Å². The van der Waals surface area contributed by atoms with Gasteiger partial charge in [-0.3, -0.25) is 9.36 Å². The van der Waals surface area contributed by atoms with E-state index >= 15 is 0 Å². The molecular formula is C12H12ClN3O3S. The van der Waals surface area contributed by atoms with Gasteiger partial charge >= 0.3 is 5.97 Å². The Morgan fingerprint density at radius 1 is 1.50 bits per heavy atom. The number of rotatable bonds is 5. The normalized spacial score (nSPS) is 10.6. The van der Waals surface area contributed by atoms with Crippen molar-refractivity contribution in [2.75, 3.05) is 12.9 Å². The number of carboxylic acid groups (broad SMARTS) is 1. The Hall–Kier alpha value is -1.73. The number of halogens is 1. The van der Waals surface area contributed by atoms with Crippen LogP contribution in [0.1, 0.15) is 5.82 Å². The Morgan fingerprint density at radius 2 is 2.25 bits per heavy atom. The van der Waals surface area contributed by atoms with Crippen LogP contribution >= 0.6 is 23.4 Å². The quantitative estimate of drug-likeness (QED) is 0.854. The highest BCUT2D eigenvalue weighted by molar-refractivity contribution is 7.99. The summed E-state index contributed by atoms with van der Waals surface area (Å²) in [6, 6.07) is 5.27. The maximum absolute atomic E-state index is 10.6. The van der Waals surface area contributed by atoms with Crippen molar-refractivity contribution in [3.63, 3.8) is 0 Å². The highest BCUT2D eigenvalue weighted by Crippen LogP contribution is 2.29. The lowest BCUT2D eigenvalue weighted by Gasteiger charge is -2.10. The van der Waals surface area contributed by atoms with Gasteiger partial charge in [-0.05, 0) is 25.1 Å². The van der Waals surface area contributed by atoms with Gasteiger partial charge in [-0.1, -0.05) is 23.4 Å². The van der Waals surface area contributed by atoms with E-state index in [0.29, 0.717) is 21.8 Å². The van der Waals surface area contributed by atoms with E-state index in [9.17, 15) is 4.79 Å². The smallest absolute Gasteiger partial charge is 0.313 e. The molecule has 0 fully saturated rings. The van der Waals surface area contributed by atoms with E-state index in [0.717, 1.165) is 17.4 Å². The van der Waals surface area contributed by atoms with Crippen LogP contribution in [0, 0.1) is 6.92 Å². The number of carboxylic acids is 1. The zero-order valence-corrected chi connectivity index (χ0v) is 12.4. The number of benzene rings is 1. The number of aliphatic carboxylic acids is 1. The number of aromatic nitrogens is 3. The molecule has 0 aliphatic heterocycles. The minimum atomic E-state index is -0.907. The van der Waals surface area contributed by atoms with Gasteiger partial charge in [0.2, 0.25) is 0 Å². The van der Waals surface area contributed by atoms with Crippen LogP contribution in [0.4, 0.5) is 0 Å². The number of ether oxygens (including phenoxy) is 1. The molecule has 1 N–H and O–H groups in total. The molecule has 0 amide bonds. The molecule has 0 atom stereocenters. The van der Waals surface area contributed by atoms with Gasteiger partial charge in [0.25, 0.3) is 0 Å². The van der Waals surface area contributed by atoms with Crippen LogP contribution in [0.5, 0.6) is 5.75 Å². The Kier molecular flexibility index (Phi) is 4.51. The lowest BCUT2D eigenvalue weighted by molar-refractivity contribution is -0.133. The lowest BCUT2D eigenvalue weighted by Crippen LogP contribution is -2.03. The highest BCUT2D eigenvalue weighted by Gasteiger charge is 2.14. The molecule has 106 valence electrons. The van der Waals surface area contributed by atoms with Gasteiger partial charge in [0, 0.05) is 0 Å². The van der Waals surface area contributed by atoms with Crippen molar-refractivity contribution in [3.8, 4) is 11.4 Å². The largest absolute Gasteiger partial charge is 0.495 e. The molecular weight excluding hydrogens is 302 g/mol. The summed E-state index contributed by atoms with van der Waals surface area (Å²) in [4.78, 5) is 10.6. The topological polar surface area (TPSA) is 77.2 Å². The monoisotopic (exact) mass is 313 g/mol. The number of methoxy groups -OCH3 is 1. The maximum atomic E-state index is 10.6. The van der Waals surface area contributed by atoms with E-state index in [2.05, 4.69) is 10.2 Å². The SMILES string of the molecule is COc1ccc(-n2c(C)nnc2SCC(=O)O)cc1Cl. The molecule has 0 bridgehead atoms. The number of aryl methyl sites for hydroxylation is 1. The molecule has 0 saturated carbocycles. The minimum Gasteiger partial charge on any atom is -0.495 e. The molecule has 0 spiro atoms. The van der Waals surface area contributed by atoms with Crippen molar-refractivity contribution in [2.24, 2.45) is 0 Å². The van der Waals surface area contributed by atoms with Crippen molar-refractivity contribution in [3.05, 3.63) is 29.0 Å². The maximum Gasteiger partial charge on any atom is 0.313 e. The number of hydrogen-bond donors (Lipinski definition) is 1. The summed E-state index contributed by atoms with van der Waals surface area (Å²) in [5.74, 6) is 0.233. The average molecular weight is 314 g/mol. The van der Waals surface area contributed by atoms with Gasteiger partial charge in [-0.2, -0.15) is 0 Å². The van der Waals surface area contributed by atoms with Crippen LogP contribution < -0.4 is 4.74 Å². The van der Waals surface area contributed by atoms with Crippen LogP contribution in [0.25, 0.3) is 5.69 Å². The van der Waals surface area contributed by atoms with Crippen LogP contribution in [-0.2, 0) is 4.79 Å². The molecule has 2 rings (SSSR count). The molecule has 2 aromatic rings. The van der Waals surface area contributed by atoms with Crippen molar-refractivity contribution in [2.45, 2.75) is 12.1 Å². The third-order valence-corrected chi connectivity index (χ3v) is 3.72. The molecule has 1 aromatic carbocycles. The van der Waals surface area contributed by atoms with Crippen LogP contribution in [-0.4, -0.2) is 38.7 Å². The fourth-order valence-corrected chi connectivity index (χ4v) is 2.62. The molecule has 0 unspecified atom stereocenters. The van der Waals surface area contributed by atoms with Gasteiger partial charge < -0.3 is 9.84 Å². The first kappa shape index (κ1) is 14.7. The van der Waals surface area contributed by atoms with Gasteiger partial charge in [0.15, 0.2) is 5.16 Å². The Morgan fingerprint density at radius 3 is 2.85 bits per heavy atom. The van der Waals surface area contributed by atoms with Crippen molar-refractivity contribution in [1.29, 1.82) is 0 Å². The standard InChI is InChI=1S/C12H12ClN3O3S/c1-7-14-15-12(20-6-11(17)18)16(7)8-3-4-10(19-2)9(13)5-8/h3-5H,6H2,1-2H3,(H,17,18). The molecule has 0 aliphatic carbocycles. The van der Waals surface area contributed by atoms with E-state index in [1.54, 1.807) is 30.7 Å². The molecule has 1 aromatic heterocycles. The predicted octanol–water partition coefficient (Wildman–Crippen LogP) is 2.41. The average Bonchev–Trinajstić information content (AvgIpc) is 2.77. The molecule has 6 nitrogen and oxygen atoms in total. The Bertz CT molecular complexity index is 645. The predicted molar refractivity (Wildman–Crippen MR) is 76.0 cm³/mol. The summed E-state index contributed by atoms with van der Waals surface area (Å²) in [7, 11) is 1.54. The zero-order valence-electron chi connectivity index (χ0n) is 10.8. The van der Waals surface area contributed by atoms with Crippen molar-refractivity contribution < 1.29 is 14.6 Å². The third kappa shape index (κ3) is 3.05. The number of hydrogen-bond acceptors (Lipinski definition) is 5. The first-order chi connectivity index (χ1) is 9.52. The van der Waals surface area contributed by atoms with E-state index < -0.39 is 5.97 Å². The number of thioether (sulfide) groups is 1. The molecule has 0 aliphatic rings. The van der Waals surface area contributed by atoms with Gasteiger partial charge in [-0.25, -0.2) is 0 Å². The Labute approximate surface area is 124 Å².